The molecule has 0 aromatic heterocycles. The highest BCUT2D eigenvalue weighted by Crippen LogP contribution is 2.39. The fourth-order valence-electron chi connectivity index (χ4n) is 4.25. The van der Waals surface area contributed by atoms with Crippen LogP contribution >= 0.6 is 0 Å². The molecule has 0 unspecified atom stereocenters. The van der Waals surface area contributed by atoms with Gasteiger partial charge < -0.3 is 5.73 Å². The number of guanidine groups is 1. The molecule has 0 atom stereocenters. The number of amides is 1. The summed E-state index contributed by atoms with van der Waals surface area (Å²) in [6.45, 7) is 2.30. The number of carbonyl (C=O) groups is 2. The number of nitrogens with two attached hydrogens (primary N) is 1. The molecule has 0 bridgehead atoms. The Morgan fingerprint density at radius 2 is 1.50 bits per heavy atom. The van der Waals surface area contributed by atoms with Gasteiger partial charge in [-0.15, -0.1) is 0 Å². The number of hydrogen-bond acceptors (Lipinski definition) is 4. The molecule has 0 radical (unpaired) electrons. The van der Waals surface area contributed by atoms with Crippen LogP contribution < -0.4 is 5.73 Å². The zero-order valence-corrected chi connectivity index (χ0v) is 18.2. The van der Waals surface area contributed by atoms with Crippen molar-refractivity contribution in [2.45, 2.75) is 38.3 Å². The van der Waals surface area contributed by atoms with Crippen LogP contribution in [0, 0.1) is 0 Å². The summed E-state index contributed by atoms with van der Waals surface area (Å²) in [5.74, 6) is 0.227. The molecule has 5 heteroatoms. The molecule has 0 saturated carbocycles. The second kappa shape index (κ2) is 9.18. The second-order valence-electron chi connectivity index (χ2n) is 8.09. The maximum absolute atomic E-state index is 13.9. The Hall–Kier alpha value is -3.73. The maximum atomic E-state index is 13.9. The van der Waals surface area contributed by atoms with Crippen LogP contribution in [0.1, 0.15) is 42.0 Å². The van der Waals surface area contributed by atoms with Gasteiger partial charge in [-0.3, -0.25) is 14.5 Å². The fraction of sp³-hybridized carbons (Fsp3) is 0.222. The molecule has 0 aliphatic carbocycles. The van der Waals surface area contributed by atoms with E-state index in [-0.39, 0.29) is 17.6 Å². The van der Waals surface area contributed by atoms with Crippen LogP contribution in [-0.4, -0.2) is 22.5 Å². The van der Waals surface area contributed by atoms with Crippen molar-refractivity contribution in [1.29, 1.82) is 0 Å². The van der Waals surface area contributed by atoms with Crippen molar-refractivity contribution in [3.8, 4) is 0 Å². The standard InChI is InChI=1S/C27H27N3O2/c1-2-10-24(31)18-20-11-9-12-21(17-20)19-30-25(32)27(29-26(30)28,22-13-5-3-6-14-22)23-15-7-4-8-16-23/h3-9,11-17H,2,10,18-19H2,1H3,(H2,28,29). The van der Waals surface area contributed by atoms with E-state index in [9.17, 15) is 9.59 Å². The first kappa shape index (κ1) is 21.5. The van der Waals surface area contributed by atoms with Gasteiger partial charge in [-0.2, -0.15) is 0 Å². The van der Waals surface area contributed by atoms with Crippen LogP contribution in [-0.2, 0) is 28.1 Å². The minimum absolute atomic E-state index is 0.181. The van der Waals surface area contributed by atoms with Gasteiger partial charge in [-0.05, 0) is 28.7 Å². The van der Waals surface area contributed by atoms with E-state index in [1.807, 2.05) is 91.9 Å². The van der Waals surface area contributed by atoms with Crippen molar-refractivity contribution < 1.29 is 9.59 Å². The van der Waals surface area contributed by atoms with Gasteiger partial charge in [-0.25, -0.2) is 4.99 Å². The van der Waals surface area contributed by atoms with E-state index in [0.29, 0.717) is 19.4 Å². The van der Waals surface area contributed by atoms with Crippen molar-refractivity contribution in [1.82, 2.24) is 4.90 Å². The van der Waals surface area contributed by atoms with E-state index in [2.05, 4.69) is 0 Å². The zero-order chi connectivity index (χ0) is 22.6. The number of nitrogens with zero attached hydrogens (tertiary/aromatic N) is 2. The van der Waals surface area contributed by atoms with Gasteiger partial charge in [0.1, 0.15) is 5.78 Å². The molecule has 3 aromatic carbocycles. The van der Waals surface area contributed by atoms with E-state index in [1.165, 1.54) is 4.90 Å². The van der Waals surface area contributed by atoms with Crippen LogP contribution in [0.4, 0.5) is 0 Å². The zero-order valence-electron chi connectivity index (χ0n) is 18.2. The monoisotopic (exact) mass is 425 g/mol. The molecule has 2 N–H and O–H groups in total. The lowest BCUT2D eigenvalue weighted by molar-refractivity contribution is -0.130. The van der Waals surface area contributed by atoms with Gasteiger partial charge in [0.25, 0.3) is 5.91 Å². The van der Waals surface area contributed by atoms with Crippen LogP contribution in [0.5, 0.6) is 0 Å². The Balaban J connectivity index is 1.66. The van der Waals surface area contributed by atoms with E-state index >= 15 is 0 Å². The Kier molecular flexibility index (Phi) is 6.17. The highest BCUT2D eigenvalue weighted by molar-refractivity contribution is 6.09. The average Bonchev–Trinajstić information content (AvgIpc) is 3.06. The first-order valence-electron chi connectivity index (χ1n) is 10.9. The summed E-state index contributed by atoms with van der Waals surface area (Å²) in [7, 11) is 0. The van der Waals surface area contributed by atoms with Crippen molar-refractivity contribution in [3.63, 3.8) is 0 Å². The van der Waals surface area contributed by atoms with Gasteiger partial charge in [0.05, 0.1) is 6.54 Å². The number of hydrogen-bond donors (Lipinski definition) is 1. The summed E-state index contributed by atoms with van der Waals surface area (Å²) in [5, 5.41) is 0. The lowest BCUT2D eigenvalue weighted by Gasteiger charge is -2.27. The minimum atomic E-state index is -1.21. The third-order valence-corrected chi connectivity index (χ3v) is 5.76. The summed E-state index contributed by atoms with van der Waals surface area (Å²) in [6, 6.07) is 26.8. The summed E-state index contributed by atoms with van der Waals surface area (Å²) in [5.41, 5.74) is 8.53. The highest BCUT2D eigenvalue weighted by atomic mass is 16.2. The minimum Gasteiger partial charge on any atom is -0.369 e. The molecule has 32 heavy (non-hydrogen) atoms. The number of carbonyl (C=O) groups excluding carboxylic acids is 2. The highest BCUT2D eigenvalue weighted by Gasteiger charge is 2.50. The van der Waals surface area contributed by atoms with Gasteiger partial charge in [0.15, 0.2) is 11.5 Å². The SMILES string of the molecule is CCCC(=O)Cc1cccc(CN2C(=O)C(c3ccccc3)(c3ccccc3)N=C2N)c1. The lowest BCUT2D eigenvalue weighted by Crippen LogP contribution is -2.43. The molecular weight excluding hydrogens is 398 g/mol. The molecule has 1 aliphatic heterocycles. The van der Waals surface area contributed by atoms with Crippen molar-refractivity contribution >= 4 is 17.6 Å². The molecule has 1 aliphatic rings. The van der Waals surface area contributed by atoms with E-state index in [4.69, 9.17) is 10.7 Å². The van der Waals surface area contributed by atoms with Crippen LogP contribution in [0.15, 0.2) is 89.9 Å². The number of rotatable bonds is 8. The van der Waals surface area contributed by atoms with Crippen LogP contribution in [0.2, 0.25) is 0 Å². The third-order valence-electron chi connectivity index (χ3n) is 5.76. The second-order valence-corrected chi connectivity index (χ2v) is 8.09. The molecule has 1 amide bonds. The normalized spacial score (nSPS) is 15.0. The smallest absolute Gasteiger partial charge is 0.266 e. The molecule has 1 heterocycles. The Morgan fingerprint density at radius 1 is 0.906 bits per heavy atom. The molecule has 0 saturated heterocycles. The fourth-order valence-corrected chi connectivity index (χ4v) is 4.25. The van der Waals surface area contributed by atoms with Crippen molar-refractivity contribution in [2.75, 3.05) is 0 Å². The summed E-state index contributed by atoms with van der Waals surface area (Å²) >= 11 is 0. The lowest BCUT2D eigenvalue weighted by atomic mass is 9.83. The summed E-state index contributed by atoms with van der Waals surface area (Å²) in [6.07, 6.45) is 1.82. The molecular formula is C27H27N3O2. The van der Waals surface area contributed by atoms with Crippen molar-refractivity contribution in [3.05, 3.63) is 107 Å². The molecule has 0 spiro atoms. The van der Waals surface area contributed by atoms with Gasteiger partial charge in [-0.1, -0.05) is 91.9 Å². The average molecular weight is 426 g/mol. The van der Waals surface area contributed by atoms with Gasteiger partial charge >= 0.3 is 0 Å². The van der Waals surface area contributed by atoms with Gasteiger partial charge in [0.2, 0.25) is 0 Å². The number of benzene rings is 3. The number of aliphatic imine (C=N–C) groups is 1. The molecule has 162 valence electrons. The van der Waals surface area contributed by atoms with Crippen LogP contribution in [0.3, 0.4) is 0 Å². The number of Topliss-reactive ketones (excluding diaryl/α,β-unsaturated/α-hetero) is 1. The predicted molar refractivity (Wildman–Crippen MR) is 126 cm³/mol. The maximum Gasteiger partial charge on any atom is 0.266 e. The largest absolute Gasteiger partial charge is 0.369 e. The Bertz CT molecular complexity index is 1100. The molecule has 5 nitrogen and oxygen atoms in total. The first-order chi connectivity index (χ1) is 15.5. The Labute approximate surface area is 188 Å². The summed E-state index contributed by atoms with van der Waals surface area (Å²) in [4.78, 5) is 32.2. The van der Waals surface area contributed by atoms with E-state index in [1.54, 1.807) is 0 Å². The molecule has 0 fully saturated rings. The molecule has 3 aromatic rings. The summed E-state index contributed by atoms with van der Waals surface area (Å²) < 4.78 is 0. The quantitative estimate of drug-likeness (QED) is 0.588. The molecule has 4 rings (SSSR count). The van der Waals surface area contributed by atoms with Crippen LogP contribution in [0.25, 0.3) is 0 Å². The first-order valence-corrected chi connectivity index (χ1v) is 10.9. The topological polar surface area (TPSA) is 75.8 Å². The van der Waals surface area contributed by atoms with E-state index in [0.717, 1.165) is 28.7 Å². The third kappa shape index (κ3) is 4.06. The van der Waals surface area contributed by atoms with Crippen molar-refractivity contribution in [2.24, 2.45) is 10.7 Å². The van der Waals surface area contributed by atoms with E-state index < -0.39 is 5.54 Å². The predicted octanol–water partition coefficient (Wildman–Crippen LogP) is 4.20. The van der Waals surface area contributed by atoms with Gasteiger partial charge in [0, 0.05) is 12.8 Å². The number of ketones is 1. The Morgan fingerprint density at radius 3 is 2.09 bits per heavy atom.